The van der Waals surface area contributed by atoms with Gasteiger partial charge in [-0.1, -0.05) is 60.7 Å². The van der Waals surface area contributed by atoms with E-state index in [1.165, 1.54) is 22.3 Å². The van der Waals surface area contributed by atoms with Crippen molar-refractivity contribution in [1.82, 2.24) is 10.6 Å². The van der Waals surface area contributed by atoms with Crippen LogP contribution in [0.2, 0.25) is 0 Å². The second kappa shape index (κ2) is 10.9. The van der Waals surface area contributed by atoms with Gasteiger partial charge in [0.05, 0.1) is 6.42 Å². The molecule has 180 valence electrons. The van der Waals surface area contributed by atoms with Gasteiger partial charge in [-0.15, -0.1) is 0 Å². The second-order valence-corrected chi connectivity index (χ2v) is 8.67. The predicted molar refractivity (Wildman–Crippen MR) is 132 cm³/mol. The van der Waals surface area contributed by atoms with E-state index < -0.39 is 18.1 Å². The Bertz CT molecular complexity index is 1180. The van der Waals surface area contributed by atoms with Crippen LogP contribution < -0.4 is 10.6 Å². The minimum Gasteiger partial charge on any atom is -0.481 e. The average molecular weight is 473 g/mol. The van der Waals surface area contributed by atoms with Crippen LogP contribution in [0.1, 0.15) is 46.3 Å². The lowest BCUT2D eigenvalue weighted by Gasteiger charge is -2.14. The van der Waals surface area contributed by atoms with E-state index in [0.717, 1.165) is 5.56 Å². The van der Waals surface area contributed by atoms with Crippen LogP contribution in [-0.2, 0) is 16.0 Å². The molecule has 0 radical (unpaired) electrons. The largest absolute Gasteiger partial charge is 0.481 e. The summed E-state index contributed by atoms with van der Waals surface area (Å²) in [6.45, 7) is 2.32. The molecule has 3 aromatic rings. The molecule has 0 heterocycles. The molecule has 0 bridgehead atoms. The van der Waals surface area contributed by atoms with E-state index >= 15 is 0 Å². The molecule has 3 aromatic carbocycles. The number of carboxylic acids is 1. The lowest BCUT2D eigenvalue weighted by Crippen LogP contribution is -2.34. The zero-order valence-electron chi connectivity index (χ0n) is 19.5. The van der Waals surface area contributed by atoms with Crippen molar-refractivity contribution < 1.29 is 24.2 Å². The lowest BCUT2D eigenvalue weighted by atomic mass is 9.98. The molecular formula is C28H28N2O5. The molecule has 35 heavy (non-hydrogen) atoms. The minimum absolute atomic E-state index is 0.0186. The number of alkyl carbamates (subject to hydrolysis) is 1. The van der Waals surface area contributed by atoms with Crippen LogP contribution in [-0.4, -0.2) is 42.3 Å². The fourth-order valence-corrected chi connectivity index (χ4v) is 4.40. The highest BCUT2D eigenvalue weighted by Crippen LogP contribution is 2.44. The quantitative estimate of drug-likeness (QED) is 0.429. The standard InChI is InChI=1S/C28H28N2O5/c1-18(16-26(31)32)30-27(33)20-12-10-19(11-13-20)14-15-29-28(34)35-17-25-23-8-4-2-6-21(23)22-7-3-5-9-24(22)25/h2-13,18,25H,14-17H2,1H3,(H,29,34)(H,30,33)(H,31,32)/t18-/m0/s1. The van der Waals surface area contributed by atoms with Crippen molar-refractivity contribution in [2.75, 3.05) is 13.2 Å². The summed E-state index contributed by atoms with van der Waals surface area (Å²) in [5.41, 5.74) is 6.12. The number of amides is 2. The number of ether oxygens (including phenoxy) is 1. The van der Waals surface area contributed by atoms with Crippen LogP contribution in [0, 0.1) is 0 Å². The first-order chi connectivity index (χ1) is 16.9. The molecule has 4 rings (SSSR count). The van der Waals surface area contributed by atoms with Crippen molar-refractivity contribution in [3.63, 3.8) is 0 Å². The number of fused-ring (bicyclic) bond motifs is 3. The normalized spacial score (nSPS) is 12.8. The van der Waals surface area contributed by atoms with Gasteiger partial charge in [0.1, 0.15) is 6.61 Å². The average Bonchev–Trinajstić information content (AvgIpc) is 3.16. The molecule has 0 saturated heterocycles. The summed E-state index contributed by atoms with van der Waals surface area (Å²) in [7, 11) is 0. The third-order valence-electron chi connectivity index (χ3n) is 6.10. The number of benzene rings is 3. The summed E-state index contributed by atoms with van der Waals surface area (Å²) in [5.74, 6) is -1.26. The van der Waals surface area contributed by atoms with Crippen molar-refractivity contribution in [1.29, 1.82) is 0 Å². The van der Waals surface area contributed by atoms with Crippen LogP contribution >= 0.6 is 0 Å². The fourth-order valence-electron chi connectivity index (χ4n) is 4.40. The number of hydrogen-bond acceptors (Lipinski definition) is 4. The highest BCUT2D eigenvalue weighted by atomic mass is 16.5. The van der Waals surface area contributed by atoms with Gasteiger partial charge in [0, 0.05) is 24.1 Å². The SMILES string of the molecule is C[C@@H](CC(=O)O)NC(=O)c1ccc(CCNC(=O)OCC2c3ccccc3-c3ccccc32)cc1. The van der Waals surface area contributed by atoms with Crippen molar-refractivity contribution in [2.24, 2.45) is 0 Å². The lowest BCUT2D eigenvalue weighted by molar-refractivity contribution is -0.137. The van der Waals surface area contributed by atoms with E-state index in [-0.39, 0.29) is 24.9 Å². The predicted octanol–water partition coefficient (Wildman–Crippen LogP) is 4.36. The van der Waals surface area contributed by atoms with E-state index in [1.807, 2.05) is 36.4 Å². The molecule has 1 atom stereocenters. The van der Waals surface area contributed by atoms with Crippen molar-refractivity contribution in [3.8, 4) is 11.1 Å². The Morgan fingerprint density at radius 1 is 0.914 bits per heavy atom. The Labute approximate surface area is 204 Å². The maximum atomic E-state index is 12.3. The maximum Gasteiger partial charge on any atom is 0.407 e. The molecule has 7 heteroatoms. The van der Waals surface area contributed by atoms with Crippen LogP contribution in [0.4, 0.5) is 4.79 Å². The van der Waals surface area contributed by atoms with Crippen LogP contribution in [0.3, 0.4) is 0 Å². The summed E-state index contributed by atoms with van der Waals surface area (Å²) in [6.07, 6.45) is -0.0114. The van der Waals surface area contributed by atoms with Gasteiger partial charge in [0.2, 0.25) is 0 Å². The number of carboxylic acid groups (broad SMARTS) is 1. The number of carbonyl (C=O) groups is 3. The first-order valence-electron chi connectivity index (χ1n) is 11.6. The van der Waals surface area contributed by atoms with Gasteiger partial charge in [-0.3, -0.25) is 9.59 Å². The maximum absolute atomic E-state index is 12.3. The highest BCUT2D eigenvalue weighted by Gasteiger charge is 2.28. The minimum atomic E-state index is -0.961. The van der Waals surface area contributed by atoms with E-state index in [2.05, 4.69) is 34.9 Å². The van der Waals surface area contributed by atoms with Crippen LogP contribution in [0.15, 0.2) is 72.8 Å². The fraction of sp³-hybridized carbons (Fsp3) is 0.250. The summed E-state index contributed by atoms with van der Waals surface area (Å²) in [4.78, 5) is 35.3. The van der Waals surface area contributed by atoms with Crippen molar-refractivity contribution in [2.45, 2.75) is 31.7 Å². The van der Waals surface area contributed by atoms with Gasteiger partial charge in [-0.2, -0.15) is 0 Å². The van der Waals surface area contributed by atoms with E-state index in [4.69, 9.17) is 9.84 Å². The van der Waals surface area contributed by atoms with Crippen LogP contribution in [0.5, 0.6) is 0 Å². The van der Waals surface area contributed by atoms with Crippen molar-refractivity contribution >= 4 is 18.0 Å². The molecule has 1 aliphatic rings. The van der Waals surface area contributed by atoms with Gasteiger partial charge >= 0.3 is 12.1 Å². The molecule has 0 aromatic heterocycles. The number of aliphatic carboxylic acids is 1. The molecule has 0 unspecified atom stereocenters. The summed E-state index contributed by atoms with van der Waals surface area (Å²) in [6, 6.07) is 22.9. The molecule has 0 fully saturated rings. The smallest absolute Gasteiger partial charge is 0.407 e. The zero-order valence-corrected chi connectivity index (χ0v) is 19.5. The van der Waals surface area contributed by atoms with Gasteiger partial charge < -0.3 is 20.5 Å². The Kier molecular flexibility index (Phi) is 7.45. The monoisotopic (exact) mass is 472 g/mol. The topological polar surface area (TPSA) is 105 Å². The Hall–Kier alpha value is -4.13. The third kappa shape index (κ3) is 5.87. The Morgan fingerprint density at radius 2 is 1.51 bits per heavy atom. The molecule has 1 aliphatic carbocycles. The van der Waals surface area contributed by atoms with E-state index in [0.29, 0.717) is 18.5 Å². The molecular weight excluding hydrogens is 444 g/mol. The number of rotatable bonds is 9. The molecule has 3 N–H and O–H groups in total. The molecule has 0 aliphatic heterocycles. The summed E-state index contributed by atoms with van der Waals surface area (Å²) < 4.78 is 5.55. The molecule has 2 amide bonds. The molecule has 7 nitrogen and oxygen atoms in total. The third-order valence-corrected chi connectivity index (χ3v) is 6.10. The second-order valence-electron chi connectivity index (χ2n) is 8.67. The van der Waals surface area contributed by atoms with Gasteiger partial charge in [-0.05, 0) is 53.3 Å². The van der Waals surface area contributed by atoms with Crippen molar-refractivity contribution in [3.05, 3.63) is 95.1 Å². The zero-order chi connectivity index (χ0) is 24.8. The highest BCUT2D eigenvalue weighted by molar-refractivity contribution is 5.94. The summed E-state index contributed by atoms with van der Waals surface area (Å²) in [5, 5.41) is 14.3. The first kappa shape index (κ1) is 24.0. The van der Waals surface area contributed by atoms with Crippen LogP contribution in [0.25, 0.3) is 11.1 Å². The number of carbonyl (C=O) groups excluding carboxylic acids is 2. The molecule has 0 spiro atoms. The van der Waals surface area contributed by atoms with E-state index in [1.54, 1.807) is 19.1 Å². The Morgan fingerprint density at radius 3 is 2.11 bits per heavy atom. The van der Waals surface area contributed by atoms with Gasteiger partial charge in [0.25, 0.3) is 5.91 Å². The number of hydrogen-bond donors (Lipinski definition) is 3. The van der Waals surface area contributed by atoms with E-state index in [9.17, 15) is 14.4 Å². The summed E-state index contributed by atoms with van der Waals surface area (Å²) >= 11 is 0. The van der Waals surface area contributed by atoms with Gasteiger partial charge in [0.15, 0.2) is 0 Å². The number of nitrogens with one attached hydrogen (secondary N) is 2. The Balaban J connectivity index is 1.24. The van der Waals surface area contributed by atoms with Gasteiger partial charge in [-0.25, -0.2) is 4.79 Å². The first-order valence-corrected chi connectivity index (χ1v) is 11.6. The molecule has 0 saturated carbocycles.